The summed E-state index contributed by atoms with van der Waals surface area (Å²) in [6.07, 6.45) is 1.67. The summed E-state index contributed by atoms with van der Waals surface area (Å²) in [6, 6.07) is 5.48. The third kappa shape index (κ3) is 2.22. The molecule has 2 aromatic rings. The van der Waals surface area contributed by atoms with Crippen LogP contribution >= 0.6 is 0 Å². The minimum Gasteiger partial charge on any atom is -0.419 e. The largest absolute Gasteiger partial charge is 0.419 e. The van der Waals surface area contributed by atoms with Crippen LogP contribution in [0.1, 0.15) is 12.8 Å². The number of amides is 1. The molecule has 0 saturated carbocycles. The van der Waals surface area contributed by atoms with Crippen LogP contribution in [0.5, 0.6) is 0 Å². The zero-order valence-electron chi connectivity index (χ0n) is 13.3. The Kier molecular flexibility index (Phi) is 3.40. The first kappa shape index (κ1) is 15.2. The number of aliphatic hydroxyl groups is 1. The highest BCUT2D eigenvalue weighted by Crippen LogP contribution is 2.38. The number of aliphatic hydroxyl groups excluding tert-OH is 1. The highest BCUT2D eigenvalue weighted by atomic mass is 16.5. The number of rotatable bonds is 4. The Morgan fingerprint density at radius 1 is 1.33 bits per heavy atom. The predicted octanol–water partition coefficient (Wildman–Crippen LogP) is 0.240. The molecule has 0 spiro atoms. The van der Waals surface area contributed by atoms with E-state index in [0.717, 1.165) is 0 Å². The van der Waals surface area contributed by atoms with Crippen molar-refractivity contribution in [2.24, 2.45) is 5.41 Å². The lowest BCUT2D eigenvalue weighted by Crippen LogP contribution is -2.66. The maximum Gasteiger partial charge on any atom is 0.266 e. The third-order valence-electron chi connectivity index (χ3n) is 4.71. The third-order valence-corrected chi connectivity index (χ3v) is 4.71. The Bertz CT molecular complexity index is 745. The van der Waals surface area contributed by atoms with Gasteiger partial charge in [-0.05, 0) is 19.1 Å². The molecule has 2 saturated heterocycles. The summed E-state index contributed by atoms with van der Waals surface area (Å²) in [4.78, 5) is 18.4. The summed E-state index contributed by atoms with van der Waals surface area (Å²) in [5.74, 6) is 0.795. The lowest BCUT2D eigenvalue weighted by atomic mass is 9.77. The second-order valence-corrected chi connectivity index (χ2v) is 6.78. The van der Waals surface area contributed by atoms with Gasteiger partial charge in [0.2, 0.25) is 11.8 Å². The quantitative estimate of drug-likeness (QED) is 0.857. The van der Waals surface area contributed by atoms with Crippen molar-refractivity contribution in [3.8, 4) is 11.6 Å². The molecular weight excluding hydrogens is 312 g/mol. The summed E-state index contributed by atoms with van der Waals surface area (Å²) in [6.45, 7) is 3.31. The predicted molar refractivity (Wildman–Crippen MR) is 81.8 cm³/mol. The highest BCUT2D eigenvalue weighted by molar-refractivity contribution is 5.85. The van der Waals surface area contributed by atoms with Crippen molar-refractivity contribution in [1.82, 2.24) is 20.1 Å². The molecule has 0 atom stereocenters. The molecule has 126 valence electrons. The van der Waals surface area contributed by atoms with E-state index >= 15 is 0 Å². The maximum absolute atomic E-state index is 12.5. The van der Waals surface area contributed by atoms with Crippen molar-refractivity contribution in [3.63, 3.8) is 0 Å². The van der Waals surface area contributed by atoms with E-state index in [9.17, 15) is 9.90 Å². The first-order valence-corrected chi connectivity index (χ1v) is 7.80. The number of hydrogen-bond donors (Lipinski definition) is 1. The average Bonchev–Trinajstić information content (AvgIpc) is 3.02. The summed E-state index contributed by atoms with van der Waals surface area (Å²) in [5, 5.41) is 17.7. The van der Waals surface area contributed by atoms with Crippen LogP contribution in [0.2, 0.25) is 0 Å². The summed E-state index contributed by atoms with van der Waals surface area (Å²) < 4.78 is 10.9. The zero-order valence-corrected chi connectivity index (χ0v) is 13.3. The number of likely N-dealkylation sites (tertiary alicyclic amines) is 1. The van der Waals surface area contributed by atoms with E-state index in [-0.39, 0.29) is 31.1 Å². The van der Waals surface area contributed by atoms with E-state index in [1.54, 1.807) is 17.2 Å². The molecule has 24 heavy (non-hydrogen) atoms. The van der Waals surface area contributed by atoms with Gasteiger partial charge in [0.15, 0.2) is 0 Å². The minimum atomic E-state index is -0.769. The van der Waals surface area contributed by atoms with Crippen LogP contribution in [0.25, 0.3) is 11.6 Å². The SMILES string of the molecule is CC1(c2nnc(-c3ccccn3)o2)CN(C(=O)C2(CO)COC2)C1. The number of aromatic nitrogens is 3. The Labute approximate surface area is 138 Å². The van der Waals surface area contributed by atoms with E-state index in [0.29, 0.717) is 30.6 Å². The van der Waals surface area contributed by atoms with E-state index in [1.165, 1.54) is 0 Å². The Morgan fingerprint density at radius 2 is 2.12 bits per heavy atom. The monoisotopic (exact) mass is 330 g/mol. The Morgan fingerprint density at radius 3 is 2.71 bits per heavy atom. The molecule has 4 heterocycles. The second-order valence-electron chi connectivity index (χ2n) is 6.78. The van der Waals surface area contributed by atoms with Crippen molar-refractivity contribution in [3.05, 3.63) is 30.3 Å². The fraction of sp³-hybridized carbons (Fsp3) is 0.500. The van der Waals surface area contributed by atoms with Gasteiger partial charge >= 0.3 is 0 Å². The number of nitrogens with zero attached hydrogens (tertiary/aromatic N) is 4. The number of carbonyl (C=O) groups is 1. The molecule has 0 aromatic carbocycles. The number of carbonyl (C=O) groups excluding carboxylic acids is 1. The van der Waals surface area contributed by atoms with E-state index in [4.69, 9.17) is 9.15 Å². The average molecular weight is 330 g/mol. The summed E-state index contributed by atoms with van der Waals surface area (Å²) >= 11 is 0. The van der Waals surface area contributed by atoms with Crippen LogP contribution in [0.3, 0.4) is 0 Å². The van der Waals surface area contributed by atoms with Gasteiger partial charge in [-0.2, -0.15) is 0 Å². The minimum absolute atomic E-state index is 0.0711. The van der Waals surface area contributed by atoms with Crippen molar-refractivity contribution in [1.29, 1.82) is 0 Å². The van der Waals surface area contributed by atoms with Crippen LogP contribution in [-0.2, 0) is 14.9 Å². The fourth-order valence-corrected chi connectivity index (χ4v) is 3.10. The van der Waals surface area contributed by atoms with Gasteiger partial charge in [0, 0.05) is 19.3 Å². The molecule has 0 radical (unpaired) electrons. The molecule has 0 aliphatic carbocycles. The standard InChI is InChI=1S/C16H18N4O4/c1-15(6-20(7-15)14(22)16(8-21)9-23-10-16)13-19-18-12(24-13)11-4-2-3-5-17-11/h2-5,21H,6-10H2,1H3. The first-order valence-electron chi connectivity index (χ1n) is 7.80. The van der Waals surface area contributed by atoms with Gasteiger partial charge in [0.1, 0.15) is 11.1 Å². The first-order chi connectivity index (χ1) is 11.6. The van der Waals surface area contributed by atoms with Crippen LogP contribution < -0.4 is 0 Å². The molecule has 1 N–H and O–H groups in total. The van der Waals surface area contributed by atoms with Crippen molar-refractivity contribution in [2.45, 2.75) is 12.3 Å². The smallest absolute Gasteiger partial charge is 0.266 e. The fourth-order valence-electron chi connectivity index (χ4n) is 3.10. The molecule has 8 heteroatoms. The van der Waals surface area contributed by atoms with Crippen molar-refractivity contribution >= 4 is 5.91 Å². The molecule has 0 bridgehead atoms. The molecule has 0 unspecified atom stereocenters. The van der Waals surface area contributed by atoms with Gasteiger partial charge in [0.25, 0.3) is 5.89 Å². The maximum atomic E-state index is 12.5. The Balaban J connectivity index is 1.47. The molecule has 2 fully saturated rings. The summed E-state index contributed by atoms with van der Waals surface area (Å²) in [5.41, 5.74) is -0.523. The van der Waals surface area contributed by atoms with Crippen LogP contribution in [-0.4, -0.2) is 64.0 Å². The second kappa shape index (κ2) is 5.35. The highest BCUT2D eigenvalue weighted by Gasteiger charge is 2.54. The van der Waals surface area contributed by atoms with Gasteiger partial charge < -0.3 is 19.2 Å². The number of hydrogen-bond acceptors (Lipinski definition) is 7. The van der Waals surface area contributed by atoms with E-state index < -0.39 is 5.41 Å². The van der Waals surface area contributed by atoms with E-state index in [1.807, 2.05) is 19.1 Å². The topological polar surface area (TPSA) is 102 Å². The summed E-state index contributed by atoms with van der Waals surface area (Å²) in [7, 11) is 0. The van der Waals surface area contributed by atoms with E-state index in [2.05, 4.69) is 15.2 Å². The molecule has 8 nitrogen and oxygen atoms in total. The van der Waals surface area contributed by atoms with Crippen molar-refractivity contribution < 1.29 is 19.1 Å². The van der Waals surface area contributed by atoms with Crippen LogP contribution in [0.4, 0.5) is 0 Å². The van der Waals surface area contributed by atoms with Crippen LogP contribution in [0, 0.1) is 5.41 Å². The van der Waals surface area contributed by atoms with Gasteiger partial charge in [-0.3, -0.25) is 9.78 Å². The molecule has 2 aliphatic heterocycles. The Hall–Kier alpha value is -2.32. The lowest BCUT2D eigenvalue weighted by Gasteiger charge is -2.50. The van der Waals surface area contributed by atoms with Gasteiger partial charge in [-0.25, -0.2) is 0 Å². The molecule has 4 rings (SSSR count). The van der Waals surface area contributed by atoms with Gasteiger partial charge in [-0.15, -0.1) is 10.2 Å². The lowest BCUT2D eigenvalue weighted by molar-refractivity contribution is -0.187. The number of pyridine rings is 1. The number of ether oxygens (including phenoxy) is 1. The van der Waals surface area contributed by atoms with Crippen LogP contribution in [0.15, 0.2) is 28.8 Å². The van der Waals surface area contributed by atoms with Crippen molar-refractivity contribution in [2.75, 3.05) is 32.9 Å². The van der Waals surface area contributed by atoms with Gasteiger partial charge in [-0.1, -0.05) is 6.07 Å². The molecular formula is C16H18N4O4. The molecule has 2 aromatic heterocycles. The molecule has 2 aliphatic rings. The zero-order chi connectivity index (χ0) is 16.8. The van der Waals surface area contributed by atoms with Gasteiger partial charge in [0.05, 0.1) is 25.2 Å². The molecule has 1 amide bonds. The normalized spacial score (nSPS) is 21.0.